The van der Waals surface area contributed by atoms with Crippen LogP contribution in [0.1, 0.15) is 37.0 Å². The second kappa shape index (κ2) is 9.41. The van der Waals surface area contributed by atoms with Gasteiger partial charge in [-0.2, -0.15) is 18.3 Å². The SMILES string of the molecule is CC(C)(C)NC(=O)c1cc(-c2ccc(NC(=O)Nc3cccc(C(F)(F)F)n3)cc2)c2c(N)ncnn12. The average Bonchev–Trinajstić information content (AvgIpc) is 3.19. The molecule has 3 aromatic heterocycles. The van der Waals surface area contributed by atoms with Crippen molar-refractivity contribution in [2.24, 2.45) is 0 Å². The number of nitrogen functional groups attached to an aromatic ring is 1. The summed E-state index contributed by atoms with van der Waals surface area (Å²) in [5.74, 6) is -0.416. The largest absolute Gasteiger partial charge is 0.433 e. The molecule has 0 aliphatic carbocycles. The summed E-state index contributed by atoms with van der Waals surface area (Å²) >= 11 is 0. The first-order chi connectivity index (χ1) is 17.3. The van der Waals surface area contributed by atoms with Crippen LogP contribution in [-0.4, -0.2) is 37.1 Å². The zero-order valence-electron chi connectivity index (χ0n) is 20.0. The van der Waals surface area contributed by atoms with Crippen LogP contribution in [0.25, 0.3) is 16.6 Å². The van der Waals surface area contributed by atoms with Gasteiger partial charge in [0.1, 0.15) is 29.0 Å². The molecule has 0 atom stereocenters. The number of nitrogens with one attached hydrogen (secondary N) is 3. The number of urea groups is 1. The summed E-state index contributed by atoms with van der Waals surface area (Å²) in [5, 5.41) is 11.9. The average molecular weight is 512 g/mol. The predicted octanol–water partition coefficient (Wildman–Crippen LogP) is 4.56. The fourth-order valence-electron chi connectivity index (χ4n) is 3.53. The van der Waals surface area contributed by atoms with E-state index in [-0.39, 0.29) is 23.2 Å². The monoisotopic (exact) mass is 512 g/mol. The lowest BCUT2D eigenvalue weighted by Crippen LogP contribution is -2.41. The van der Waals surface area contributed by atoms with E-state index in [2.05, 4.69) is 31.0 Å². The van der Waals surface area contributed by atoms with E-state index in [1.807, 2.05) is 20.8 Å². The Morgan fingerprint density at radius 1 is 1.00 bits per heavy atom. The number of hydrogen-bond donors (Lipinski definition) is 4. The molecule has 4 aromatic rings. The molecule has 0 bridgehead atoms. The highest BCUT2D eigenvalue weighted by Crippen LogP contribution is 2.31. The van der Waals surface area contributed by atoms with Crippen LogP contribution in [0.3, 0.4) is 0 Å². The van der Waals surface area contributed by atoms with E-state index in [9.17, 15) is 22.8 Å². The van der Waals surface area contributed by atoms with Crippen molar-refractivity contribution in [3.05, 3.63) is 66.2 Å². The van der Waals surface area contributed by atoms with Gasteiger partial charge < -0.3 is 16.4 Å². The van der Waals surface area contributed by atoms with Gasteiger partial charge in [0.25, 0.3) is 5.91 Å². The molecule has 0 fully saturated rings. The van der Waals surface area contributed by atoms with Gasteiger partial charge in [0.2, 0.25) is 0 Å². The van der Waals surface area contributed by atoms with Crippen LogP contribution in [0.5, 0.6) is 0 Å². The van der Waals surface area contributed by atoms with E-state index in [1.165, 1.54) is 16.9 Å². The van der Waals surface area contributed by atoms with Gasteiger partial charge in [-0.25, -0.2) is 19.3 Å². The molecule has 0 spiro atoms. The Bertz CT molecular complexity index is 1470. The lowest BCUT2D eigenvalue weighted by Gasteiger charge is -2.20. The van der Waals surface area contributed by atoms with Crippen LogP contribution in [-0.2, 0) is 6.18 Å². The van der Waals surface area contributed by atoms with Gasteiger partial charge in [-0.3, -0.25) is 10.1 Å². The van der Waals surface area contributed by atoms with Crippen LogP contribution in [0.15, 0.2) is 54.9 Å². The first kappa shape index (κ1) is 25.4. The number of benzene rings is 1. The number of alkyl halides is 3. The van der Waals surface area contributed by atoms with Crippen molar-refractivity contribution >= 4 is 34.8 Å². The van der Waals surface area contributed by atoms with Crippen molar-refractivity contribution in [2.45, 2.75) is 32.5 Å². The number of rotatable bonds is 4. The molecule has 4 rings (SSSR count). The Hall–Kier alpha value is -4.68. The van der Waals surface area contributed by atoms with E-state index in [4.69, 9.17) is 5.73 Å². The highest BCUT2D eigenvalue weighted by molar-refractivity contribution is 6.01. The number of hydrogen-bond acceptors (Lipinski definition) is 6. The minimum absolute atomic E-state index is 0.176. The molecular formula is C24H23F3N8O2. The topological polar surface area (TPSA) is 139 Å². The van der Waals surface area contributed by atoms with Crippen molar-refractivity contribution in [1.29, 1.82) is 0 Å². The third-order valence-electron chi connectivity index (χ3n) is 5.04. The number of nitrogens with zero attached hydrogens (tertiary/aromatic N) is 4. The third kappa shape index (κ3) is 5.77. The Labute approximate surface area is 209 Å². The number of halogens is 3. The summed E-state index contributed by atoms with van der Waals surface area (Å²) in [5.41, 5.74) is 6.84. The number of anilines is 3. The maximum Gasteiger partial charge on any atom is 0.433 e. The van der Waals surface area contributed by atoms with E-state index >= 15 is 0 Å². The molecule has 0 saturated carbocycles. The van der Waals surface area contributed by atoms with Crippen LogP contribution in [0.4, 0.5) is 35.3 Å². The maximum atomic E-state index is 12.9. The normalized spacial score (nSPS) is 11.8. The molecule has 3 heterocycles. The van der Waals surface area contributed by atoms with Crippen LogP contribution >= 0.6 is 0 Å². The number of amides is 3. The van der Waals surface area contributed by atoms with Gasteiger partial charge in [-0.05, 0) is 56.7 Å². The first-order valence-electron chi connectivity index (χ1n) is 11.0. The number of carbonyl (C=O) groups excluding carboxylic acids is 2. The predicted molar refractivity (Wildman–Crippen MR) is 132 cm³/mol. The number of carbonyl (C=O) groups is 2. The molecule has 3 amide bonds. The lowest BCUT2D eigenvalue weighted by molar-refractivity contribution is -0.141. The molecule has 0 aliphatic rings. The highest BCUT2D eigenvalue weighted by atomic mass is 19.4. The standard InChI is InChI=1S/C24H23F3N8O2/c1-23(2,3)34-21(36)16-11-15(19-20(28)29-12-30-35(16)19)13-7-9-14(10-8-13)31-22(37)33-18-6-4-5-17(32-18)24(25,26)27/h4-12H,1-3H3,(H,34,36)(H2,28,29,30)(H2,31,32,33,37). The van der Waals surface area contributed by atoms with Gasteiger partial charge in [-0.1, -0.05) is 18.2 Å². The van der Waals surface area contributed by atoms with E-state index in [0.717, 1.165) is 12.1 Å². The van der Waals surface area contributed by atoms with Gasteiger partial charge >= 0.3 is 12.2 Å². The Morgan fingerprint density at radius 3 is 2.35 bits per heavy atom. The Kier molecular flexibility index (Phi) is 6.46. The minimum Gasteiger partial charge on any atom is -0.382 e. The maximum absolute atomic E-state index is 12.9. The summed E-state index contributed by atoms with van der Waals surface area (Å²) in [6.45, 7) is 5.57. The van der Waals surface area contributed by atoms with Gasteiger partial charge in [0.15, 0.2) is 5.82 Å². The first-order valence-corrected chi connectivity index (χ1v) is 11.0. The van der Waals surface area contributed by atoms with Crippen LogP contribution in [0.2, 0.25) is 0 Å². The molecule has 37 heavy (non-hydrogen) atoms. The zero-order valence-corrected chi connectivity index (χ0v) is 20.0. The Balaban J connectivity index is 1.56. The molecule has 0 saturated heterocycles. The van der Waals surface area contributed by atoms with Gasteiger partial charge in [0, 0.05) is 16.8 Å². The van der Waals surface area contributed by atoms with Crippen LogP contribution < -0.4 is 21.7 Å². The molecule has 0 aliphatic heterocycles. The van der Waals surface area contributed by atoms with Crippen molar-refractivity contribution in [3.8, 4) is 11.1 Å². The third-order valence-corrected chi connectivity index (χ3v) is 5.04. The van der Waals surface area contributed by atoms with E-state index < -0.39 is 23.4 Å². The number of aromatic nitrogens is 4. The van der Waals surface area contributed by atoms with Crippen molar-refractivity contribution in [1.82, 2.24) is 24.9 Å². The van der Waals surface area contributed by atoms with E-state index in [0.29, 0.717) is 22.3 Å². The molecule has 1 aromatic carbocycles. The number of fused-ring (bicyclic) bond motifs is 1. The van der Waals surface area contributed by atoms with Crippen molar-refractivity contribution < 1.29 is 22.8 Å². The summed E-state index contributed by atoms with van der Waals surface area (Å²) < 4.78 is 39.9. The van der Waals surface area contributed by atoms with E-state index in [1.54, 1.807) is 30.3 Å². The smallest absolute Gasteiger partial charge is 0.382 e. The molecule has 192 valence electrons. The minimum atomic E-state index is -4.63. The summed E-state index contributed by atoms with van der Waals surface area (Å²) in [6.07, 6.45) is -3.38. The second-order valence-electron chi connectivity index (χ2n) is 9.12. The van der Waals surface area contributed by atoms with Crippen LogP contribution in [0, 0.1) is 0 Å². The molecule has 5 N–H and O–H groups in total. The molecule has 0 radical (unpaired) electrons. The Morgan fingerprint density at radius 2 is 1.70 bits per heavy atom. The lowest BCUT2D eigenvalue weighted by atomic mass is 10.1. The zero-order chi connectivity index (χ0) is 27.0. The fraction of sp³-hybridized carbons (Fsp3) is 0.208. The summed E-state index contributed by atoms with van der Waals surface area (Å²) in [6, 6.07) is 10.6. The summed E-state index contributed by atoms with van der Waals surface area (Å²) in [7, 11) is 0. The highest BCUT2D eigenvalue weighted by Gasteiger charge is 2.32. The number of nitrogens with two attached hydrogens (primary N) is 1. The molecule has 10 nitrogen and oxygen atoms in total. The fourth-order valence-corrected chi connectivity index (χ4v) is 3.53. The van der Waals surface area contributed by atoms with Gasteiger partial charge in [0.05, 0.1) is 0 Å². The van der Waals surface area contributed by atoms with Crippen molar-refractivity contribution in [3.63, 3.8) is 0 Å². The summed E-state index contributed by atoms with van der Waals surface area (Å²) in [4.78, 5) is 32.6. The number of pyridine rings is 1. The second-order valence-corrected chi connectivity index (χ2v) is 9.12. The van der Waals surface area contributed by atoms with Crippen molar-refractivity contribution in [2.75, 3.05) is 16.4 Å². The molecule has 13 heteroatoms. The van der Waals surface area contributed by atoms with Gasteiger partial charge in [-0.15, -0.1) is 0 Å². The molecular weight excluding hydrogens is 489 g/mol. The molecule has 0 unspecified atom stereocenters. The quantitative estimate of drug-likeness (QED) is 0.316.